The van der Waals surface area contributed by atoms with Crippen molar-refractivity contribution < 1.29 is 18.8 Å². The number of benzene rings is 1. The first-order chi connectivity index (χ1) is 13.0. The van der Waals surface area contributed by atoms with Crippen molar-refractivity contribution in [3.8, 4) is 0 Å². The highest BCUT2D eigenvalue weighted by Crippen LogP contribution is 2.16. The van der Waals surface area contributed by atoms with Crippen LogP contribution in [-0.2, 0) is 22.5 Å². The normalized spacial score (nSPS) is 12.8. The first-order valence-corrected chi connectivity index (χ1v) is 8.45. The third kappa shape index (κ3) is 3.31. The van der Waals surface area contributed by atoms with Gasteiger partial charge in [0.2, 0.25) is 0 Å². The Morgan fingerprint density at radius 1 is 1.33 bits per heavy atom. The van der Waals surface area contributed by atoms with Gasteiger partial charge in [-0.3, -0.25) is 14.2 Å². The molecule has 4 rings (SSSR count). The summed E-state index contributed by atoms with van der Waals surface area (Å²) in [4.78, 5) is 40.9. The summed E-state index contributed by atoms with van der Waals surface area (Å²) in [6, 6.07) is 6.11. The van der Waals surface area contributed by atoms with Crippen molar-refractivity contribution in [2.24, 2.45) is 0 Å². The number of anilines is 1. The standard InChI is InChI=1S/C18H16N4O5/c1-10-7-14(21-27-10)20-16(23)9-26-18(25)11-4-5-12-13(8-11)19-15-3-2-6-22(15)17(12)24/h4-5,7-8H,2-3,6,9H2,1H3,(H,20,21,23). The summed E-state index contributed by atoms with van der Waals surface area (Å²) in [6.45, 7) is 1.89. The zero-order valence-corrected chi connectivity index (χ0v) is 14.5. The molecule has 0 aliphatic carbocycles. The number of amides is 1. The highest BCUT2D eigenvalue weighted by molar-refractivity contribution is 5.97. The van der Waals surface area contributed by atoms with Gasteiger partial charge in [0, 0.05) is 19.0 Å². The number of nitrogens with one attached hydrogen (secondary N) is 1. The molecular formula is C18H16N4O5. The van der Waals surface area contributed by atoms with Crippen LogP contribution in [0.4, 0.5) is 5.82 Å². The fraction of sp³-hybridized carbons (Fsp3) is 0.278. The van der Waals surface area contributed by atoms with Crippen molar-refractivity contribution in [3.05, 3.63) is 51.8 Å². The number of aryl methyl sites for hydroxylation is 2. The lowest BCUT2D eigenvalue weighted by Crippen LogP contribution is -2.22. The summed E-state index contributed by atoms with van der Waals surface area (Å²) in [5, 5.41) is 6.54. The van der Waals surface area contributed by atoms with Crippen molar-refractivity contribution in [2.75, 3.05) is 11.9 Å². The van der Waals surface area contributed by atoms with Gasteiger partial charge in [0.25, 0.3) is 11.5 Å². The first kappa shape index (κ1) is 17.0. The minimum Gasteiger partial charge on any atom is -0.452 e. The maximum Gasteiger partial charge on any atom is 0.338 e. The molecule has 2 aromatic heterocycles. The quantitative estimate of drug-likeness (QED) is 0.693. The van der Waals surface area contributed by atoms with E-state index in [4.69, 9.17) is 9.26 Å². The molecular weight excluding hydrogens is 352 g/mol. The second-order valence-electron chi connectivity index (χ2n) is 6.27. The number of hydrogen-bond donors (Lipinski definition) is 1. The van der Waals surface area contributed by atoms with Gasteiger partial charge < -0.3 is 14.6 Å². The predicted octanol–water partition coefficient (Wildman–Crippen LogP) is 1.43. The molecule has 27 heavy (non-hydrogen) atoms. The Labute approximate surface area is 152 Å². The molecule has 1 N–H and O–H groups in total. The van der Waals surface area contributed by atoms with Gasteiger partial charge in [0.05, 0.1) is 16.5 Å². The van der Waals surface area contributed by atoms with E-state index in [0.29, 0.717) is 23.2 Å². The second kappa shape index (κ2) is 6.67. The van der Waals surface area contributed by atoms with Gasteiger partial charge >= 0.3 is 5.97 Å². The molecule has 0 radical (unpaired) electrons. The van der Waals surface area contributed by atoms with Gasteiger partial charge in [-0.05, 0) is 31.5 Å². The summed E-state index contributed by atoms with van der Waals surface area (Å²) in [5.41, 5.74) is 0.572. The molecule has 9 heteroatoms. The first-order valence-electron chi connectivity index (χ1n) is 8.45. The molecule has 0 saturated carbocycles. The molecule has 1 aliphatic heterocycles. The smallest absolute Gasteiger partial charge is 0.338 e. The Morgan fingerprint density at radius 2 is 2.19 bits per heavy atom. The van der Waals surface area contributed by atoms with Crippen LogP contribution in [0.25, 0.3) is 10.9 Å². The van der Waals surface area contributed by atoms with Crippen LogP contribution in [0.3, 0.4) is 0 Å². The number of ether oxygens (including phenoxy) is 1. The third-order valence-electron chi connectivity index (χ3n) is 4.28. The van der Waals surface area contributed by atoms with Crippen molar-refractivity contribution >= 4 is 28.6 Å². The minimum absolute atomic E-state index is 0.102. The van der Waals surface area contributed by atoms with E-state index >= 15 is 0 Å². The molecule has 3 heterocycles. The number of rotatable bonds is 4. The fourth-order valence-corrected chi connectivity index (χ4v) is 3.03. The zero-order valence-electron chi connectivity index (χ0n) is 14.5. The van der Waals surface area contributed by atoms with Gasteiger partial charge in [0.15, 0.2) is 12.4 Å². The van der Waals surface area contributed by atoms with Crippen LogP contribution in [0.2, 0.25) is 0 Å². The molecule has 1 aromatic carbocycles. The molecule has 0 fully saturated rings. The van der Waals surface area contributed by atoms with Crippen LogP contribution in [0.15, 0.2) is 33.6 Å². The highest BCUT2D eigenvalue weighted by Gasteiger charge is 2.18. The number of esters is 1. The van der Waals surface area contributed by atoms with Crippen molar-refractivity contribution in [2.45, 2.75) is 26.3 Å². The van der Waals surface area contributed by atoms with E-state index in [9.17, 15) is 14.4 Å². The molecule has 0 bridgehead atoms. The molecule has 1 amide bonds. The average Bonchev–Trinajstić information content (AvgIpc) is 3.28. The van der Waals surface area contributed by atoms with Crippen molar-refractivity contribution in [3.63, 3.8) is 0 Å². The number of carbonyl (C=O) groups excluding carboxylic acids is 2. The van der Waals surface area contributed by atoms with Crippen LogP contribution < -0.4 is 10.9 Å². The lowest BCUT2D eigenvalue weighted by molar-refractivity contribution is -0.119. The Hall–Kier alpha value is -3.49. The fourth-order valence-electron chi connectivity index (χ4n) is 3.03. The monoisotopic (exact) mass is 368 g/mol. The van der Waals surface area contributed by atoms with E-state index in [0.717, 1.165) is 18.7 Å². The predicted molar refractivity (Wildman–Crippen MR) is 94.5 cm³/mol. The SMILES string of the molecule is Cc1cc(NC(=O)COC(=O)c2ccc3c(=O)n4c(nc3c2)CCC4)no1. The maximum absolute atomic E-state index is 12.4. The average molecular weight is 368 g/mol. The summed E-state index contributed by atoms with van der Waals surface area (Å²) >= 11 is 0. The van der Waals surface area contributed by atoms with Crippen LogP contribution in [0, 0.1) is 6.92 Å². The van der Waals surface area contributed by atoms with E-state index in [2.05, 4.69) is 15.5 Å². The molecule has 0 spiro atoms. The number of nitrogens with zero attached hydrogens (tertiary/aromatic N) is 3. The van der Waals surface area contributed by atoms with Crippen LogP contribution in [0.1, 0.15) is 28.4 Å². The molecule has 0 saturated heterocycles. The molecule has 0 unspecified atom stereocenters. The lowest BCUT2D eigenvalue weighted by Gasteiger charge is -2.07. The Balaban J connectivity index is 1.47. The number of hydrogen-bond acceptors (Lipinski definition) is 7. The third-order valence-corrected chi connectivity index (χ3v) is 4.28. The van der Waals surface area contributed by atoms with Crippen molar-refractivity contribution in [1.82, 2.24) is 14.7 Å². The van der Waals surface area contributed by atoms with Crippen LogP contribution >= 0.6 is 0 Å². The van der Waals surface area contributed by atoms with Crippen LogP contribution in [-0.4, -0.2) is 33.2 Å². The molecule has 138 valence electrons. The maximum atomic E-state index is 12.4. The summed E-state index contributed by atoms with van der Waals surface area (Å²) < 4.78 is 11.5. The summed E-state index contributed by atoms with van der Waals surface area (Å²) in [7, 11) is 0. The van der Waals surface area contributed by atoms with Gasteiger partial charge in [0.1, 0.15) is 11.6 Å². The summed E-state index contributed by atoms with van der Waals surface area (Å²) in [5.74, 6) is 0.309. The Morgan fingerprint density at radius 3 is 2.96 bits per heavy atom. The molecule has 3 aromatic rings. The number of aromatic nitrogens is 3. The number of carbonyl (C=O) groups is 2. The second-order valence-corrected chi connectivity index (χ2v) is 6.27. The molecule has 9 nitrogen and oxygen atoms in total. The highest BCUT2D eigenvalue weighted by atomic mass is 16.5. The summed E-state index contributed by atoms with van der Waals surface area (Å²) in [6.07, 6.45) is 1.62. The number of fused-ring (bicyclic) bond motifs is 2. The van der Waals surface area contributed by atoms with Gasteiger partial charge in [-0.2, -0.15) is 0 Å². The van der Waals surface area contributed by atoms with Crippen molar-refractivity contribution in [1.29, 1.82) is 0 Å². The Bertz CT molecular complexity index is 1110. The van der Waals surface area contributed by atoms with E-state index in [1.165, 1.54) is 12.1 Å². The van der Waals surface area contributed by atoms with E-state index in [1.54, 1.807) is 23.6 Å². The van der Waals surface area contributed by atoms with E-state index < -0.39 is 18.5 Å². The molecule has 1 aliphatic rings. The van der Waals surface area contributed by atoms with Gasteiger partial charge in [-0.15, -0.1) is 0 Å². The minimum atomic E-state index is -0.675. The van der Waals surface area contributed by atoms with Gasteiger partial charge in [-0.1, -0.05) is 5.16 Å². The largest absolute Gasteiger partial charge is 0.452 e. The topological polar surface area (TPSA) is 116 Å². The van der Waals surface area contributed by atoms with Crippen LogP contribution in [0.5, 0.6) is 0 Å². The molecule has 0 atom stereocenters. The Kier molecular flexibility index (Phi) is 4.19. The van der Waals surface area contributed by atoms with E-state index in [1.807, 2.05) is 0 Å². The van der Waals surface area contributed by atoms with Gasteiger partial charge in [-0.25, -0.2) is 9.78 Å². The zero-order chi connectivity index (χ0) is 19.0. The van der Waals surface area contributed by atoms with E-state index in [-0.39, 0.29) is 16.9 Å². The lowest BCUT2D eigenvalue weighted by atomic mass is 10.1.